The van der Waals surface area contributed by atoms with Crippen molar-refractivity contribution < 1.29 is 14.3 Å². The monoisotopic (exact) mass is 424 g/mol. The summed E-state index contributed by atoms with van der Waals surface area (Å²) in [6, 6.07) is 23.9. The van der Waals surface area contributed by atoms with Crippen LogP contribution in [0, 0.1) is 0 Å². The van der Waals surface area contributed by atoms with Crippen molar-refractivity contribution >= 4 is 17.6 Å². The molecule has 0 atom stereocenters. The van der Waals surface area contributed by atoms with Crippen molar-refractivity contribution in [1.82, 2.24) is 15.0 Å². The van der Waals surface area contributed by atoms with Gasteiger partial charge < -0.3 is 10.1 Å². The summed E-state index contributed by atoms with van der Waals surface area (Å²) in [6.45, 7) is 2.79. The van der Waals surface area contributed by atoms with E-state index in [4.69, 9.17) is 4.74 Å². The Hall–Kier alpha value is -4.39. The van der Waals surface area contributed by atoms with Crippen LogP contribution >= 0.6 is 0 Å². The Kier molecular flexibility index (Phi) is 5.98. The number of esters is 1. The van der Waals surface area contributed by atoms with Gasteiger partial charge in [-0.2, -0.15) is 0 Å². The van der Waals surface area contributed by atoms with Gasteiger partial charge in [-0.05, 0) is 24.3 Å². The topological polar surface area (TPSA) is 94.1 Å². The zero-order valence-electron chi connectivity index (χ0n) is 17.6. The van der Waals surface area contributed by atoms with Gasteiger partial charge >= 0.3 is 5.97 Å². The number of anilines is 1. The SMILES string of the molecule is CC(=O)Nc1ccccc1-c1nc(-c2ccccc2)nc(-c2ccccc2OC(C)=O)n1. The zero-order chi connectivity index (χ0) is 22.5. The first-order valence-corrected chi connectivity index (χ1v) is 9.97. The molecule has 4 rings (SSSR count). The van der Waals surface area contributed by atoms with E-state index in [1.165, 1.54) is 13.8 Å². The highest BCUT2D eigenvalue weighted by atomic mass is 16.5. The molecule has 0 radical (unpaired) electrons. The first kappa shape index (κ1) is 20.9. The number of para-hydroxylation sites is 2. The summed E-state index contributed by atoms with van der Waals surface area (Å²) < 4.78 is 5.37. The molecule has 32 heavy (non-hydrogen) atoms. The van der Waals surface area contributed by atoms with Crippen molar-refractivity contribution in [1.29, 1.82) is 0 Å². The van der Waals surface area contributed by atoms with Gasteiger partial charge in [-0.25, -0.2) is 15.0 Å². The number of aromatic nitrogens is 3. The Balaban J connectivity index is 1.94. The van der Waals surface area contributed by atoms with Gasteiger partial charge in [0.15, 0.2) is 17.5 Å². The number of ether oxygens (including phenoxy) is 1. The average Bonchev–Trinajstić information content (AvgIpc) is 2.79. The summed E-state index contributed by atoms with van der Waals surface area (Å²) in [4.78, 5) is 37.3. The Morgan fingerprint density at radius 3 is 1.94 bits per heavy atom. The van der Waals surface area contributed by atoms with E-state index >= 15 is 0 Å². The third-order valence-corrected chi connectivity index (χ3v) is 4.53. The van der Waals surface area contributed by atoms with Crippen molar-refractivity contribution in [3.05, 3.63) is 78.9 Å². The molecule has 1 aromatic heterocycles. The normalized spacial score (nSPS) is 10.4. The van der Waals surface area contributed by atoms with E-state index in [9.17, 15) is 9.59 Å². The van der Waals surface area contributed by atoms with E-state index in [2.05, 4.69) is 20.3 Å². The first-order valence-electron chi connectivity index (χ1n) is 9.97. The molecule has 0 aliphatic heterocycles. The van der Waals surface area contributed by atoms with Gasteiger partial charge in [0.05, 0.1) is 11.3 Å². The van der Waals surface area contributed by atoms with E-state index in [0.29, 0.717) is 40.0 Å². The van der Waals surface area contributed by atoms with E-state index in [0.717, 1.165) is 5.56 Å². The standard InChI is InChI=1S/C25H20N4O3/c1-16(30)26-21-14-8-6-12-19(21)24-27-23(18-10-4-3-5-11-18)28-25(29-24)20-13-7-9-15-22(20)32-17(2)31/h3-15H,1-2H3,(H,26,30). The van der Waals surface area contributed by atoms with Crippen molar-refractivity contribution in [3.63, 3.8) is 0 Å². The number of rotatable bonds is 5. The average molecular weight is 424 g/mol. The van der Waals surface area contributed by atoms with Crippen LogP contribution in [0.1, 0.15) is 13.8 Å². The van der Waals surface area contributed by atoms with Crippen molar-refractivity contribution in [2.45, 2.75) is 13.8 Å². The molecule has 4 aromatic rings. The van der Waals surface area contributed by atoms with Gasteiger partial charge in [0.2, 0.25) is 5.91 Å². The summed E-state index contributed by atoms with van der Waals surface area (Å²) in [5.74, 6) is 0.910. The smallest absolute Gasteiger partial charge is 0.308 e. The maximum absolute atomic E-state index is 11.7. The molecule has 1 N–H and O–H groups in total. The number of hydrogen-bond acceptors (Lipinski definition) is 6. The van der Waals surface area contributed by atoms with Gasteiger partial charge in [0.25, 0.3) is 0 Å². The van der Waals surface area contributed by atoms with Crippen LogP contribution in [-0.4, -0.2) is 26.8 Å². The van der Waals surface area contributed by atoms with Crippen LogP contribution in [0.5, 0.6) is 5.75 Å². The molecule has 0 fully saturated rings. The predicted octanol–water partition coefficient (Wildman–Crippen LogP) is 4.76. The van der Waals surface area contributed by atoms with Crippen molar-refractivity contribution in [2.75, 3.05) is 5.32 Å². The highest BCUT2D eigenvalue weighted by molar-refractivity contribution is 5.93. The summed E-state index contributed by atoms with van der Waals surface area (Å²) in [5, 5.41) is 2.82. The number of amides is 1. The molecule has 0 bridgehead atoms. The second kappa shape index (κ2) is 9.18. The number of carbonyl (C=O) groups excluding carboxylic acids is 2. The predicted molar refractivity (Wildman–Crippen MR) is 122 cm³/mol. The second-order valence-electron chi connectivity index (χ2n) is 6.99. The lowest BCUT2D eigenvalue weighted by atomic mass is 10.1. The molecule has 1 heterocycles. The molecule has 0 saturated carbocycles. The molecular weight excluding hydrogens is 404 g/mol. The fraction of sp³-hybridized carbons (Fsp3) is 0.0800. The van der Waals surface area contributed by atoms with Gasteiger partial charge in [0.1, 0.15) is 5.75 Å². The summed E-state index contributed by atoms with van der Waals surface area (Å²) >= 11 is 0. The highest BCUT2D eigenvalue weighted by Gasteiger charge is 2.17. The van der Waals surface area contributed by atoms with Gasteiger partial charge in [-0.3, -0.25) is 9.59 Å². The molecular formula is C25H20N4O3. The quantitative estimate of drug-likeness (QED) is 0.367. The molecule has 7 heteroatoms. The highest BCUT2D eigenvalue weighted by Crippen LogP contribution is 2.32. The van der Waals surface area contributed by atoms with Crippen LogP contribution in [0.25, 0.3) is 34.2 Å². The minimum absolute atomic E-state index is 0.199. The first-order chi connectivity index (χ1) is 15.5. The number of nitrogens with zero attached hydrogens (tertiary/aromatic N) is 3. The molecule has 0 spiro atoms. The molecule has 0 unspecified atom stereocenters. The van der Waals surface area contributed by atoms with Crippen molar-refractivity contribution in [3.8, 4) is 39.9 Å². The Bertz CT molecular complexity index is 1210. The largest absolute Gasteiger partial charge is 0.426 e. The van der Waals surface area contributed by atoms with E-state index in [-0.39, 0.29) is 5.91 Å². The lowest BCUT2D eigenvalue weighted by Gasteiger charge is -2.13. The molecule has 0 aliphatic carbocycles. The number of hydrogen-bond donors (Lipinski definition) is 1. The molecule has 0 saturated heterocycles. The second-order valence-corrected chi connectivity index (χ2v) is 6.99. The van der Waals surface area contributed by atoms with Crippen LogP contribution in [0.15, 0.2) is 78.9 Å². The Morgan fingerprint density at radius 2 is 1.25 bits per heavy atom. The third-order valence-electron chi connectivity index (χ3n) is 4.53. The van der Waals surface area contributed by atoms with Crippen LogP contribution in [0.4, 0.5) is 5.69 Å². The number of nitrogens with one attached hydrogen (secondary N) is 1. The molecule has 1 amide bonds. The summed E-state index contributed by atoms with van der Waals surface area (Å²) in [6.07, 6.45) is 0. The maximum Gasteiger partial charge on any atom is 0.308 e. The number of carbonyl (C=O) groups is 2. The number of benzene rings is 3. The summed E-state index contributed by atoms with van der Waals surface area (Å²) in [5.41, 5.74) is 2.60. The lowest BCUT2D eigenvalue weighted by Crippen LogP contribution is -2.08. The Labute approximate surface area is 185 Å². The van der Waals surface area contributed by atoms with Gasteiger partial charge in [-0.1, -0.05) is 54.6 Å². The maximum atomic E-state index is 11.7. The molecule has 0 aliphatic rings. The molecule has 7 nitrogen and oxygen atoms in total. The lowest BCUT2D eigenvalue weighted by molar-refractivity contribution is -0.131. The van der Waals surface area contributed by atoms with Crippen molar-refractivity contribution in [2.24, 2.45) is 0 Å². The van der Waals surface area contributed by atoms with Crippen LogP contribution in [0.3, 0.4) is 0 Å². The fourth-order valence-corrected chi connectivity index (χ4v) is 3.21. The van der Waals surface area contributed by atoms with Crippen LogP contribution in [-0.2, 0) is 9.59 Å². The van der Waals surface area contributed by atoms with E-state index in [1.807, 2.05) is 54.6 Å². The third kappa shape index (κ3) is 4.67. The van der Waals surface area contributed by atoms with Crippen LogP contribution in [0.2, 0.25) is 0 Å². The minimum Gasteiger partial charge on any atom is -0.426 e. The minimum atomic E-state index is -0.439. The zero-order valence-corrected chi connectivity index (χ0v) is 17.6. The fourth-order valence-electron chi connectivity index (χ4n) is 3.21. The molecule has 158 valence electrons. The molecule has 3 aromatic carbocycles. The van der Waals surface area contributed by atoms with Crippen LogP contribution < -0.4 is 10.1 Å². The summed E-state index contributed by atoms with van der Waals surface area (Å²) in [7, 11) is 0. The van der Waals surface area contributed by atoms with Gasteiger partial charge in [-0.15, -0.1) is 0 Å². The Morgan fingerprint density at radius 1 is 0.688 bits per heavy atom. The van der Waals surface area contributed by atoms with E-state index < -0.39 is 5.97 Å². The van der Waals surface area contributed by atoms with Gasteiger partial charge in [0, 0.05) is 25.0 Å². The van der Waals surface area contributed by atoms with E-state index in [1.54, 1.807) is 24.3 Å².